The molecule has 0 radical (unpaired) electrons. The number of halogens is 1. The van der Waals surface area contributed by atoms with Crippen molar-refractivity contribution < 1.29 is 4.39 Å². The summed E-state index contributed by atoms with van der Waals surface area (Å²) in [6, 6.07) is 13.5. The molecule has 9 nitrogen and oxygen atoms in total. The predicted octanol–water partition coefficient (Wildman–Crippen LogP) is 4.04. The van der Waals surface area contributed by atoms with Crippen molar-refractivity contribution in [2.75, 3.05) is 11.1 Å². The van der Waals surface area contributed by atoms with Crippen molar-refractivity contribution in [1.82, 2.24) is 29.5 Å². The van der Waals surface area contributed by atoms with Gasteiger partial charge in [-0.05, 0) is 37.3 Å². The van der Waals surface area contributed by atoms with Crippen molar-refractivity contribution >= 4 is 22.7 Å². The van der Waals surface area contributed by atoms with Gasteiger partial charge < -0.3 is 11.1 Å². The van der Waals surface area contributed by atoms with E-state index in [0.717, 1.165) is 11.3 Å². The Morgan fingerprint density at radius 1 is 1.12 bits per heavy atom. The van der Waals surface area contributed by atoms with Crippen LogP contribution in [0.3, 0.4) is 0 Å². The number of pyridine rings is 2. The second kappa shape index (κ2) is 8.55. The molecule has 3 N–H and O–H groups in total. The number of nitriles is 1. The molecule has 0 aliphatic heterocycles. The van der Waals surface area contributed by atoms with Crippen LogP contribution in [0.2, 0.25) is 0 Å². The van der Waals surface area contributed by atoms with Crippen LogP contribution >= 0.6 is 0 Å². The van der Waals surface area contributed by atoms with E-state index in [-0.39, 0.29) is 23.0 Å². The Morgan fingerprint density at radius 3 is 2.79 bits per heavy atom. The molecule has 5 rings (SSSR count). The van der Waals surface area contributed by atoms with E-state index >= 15 is 0 Å². The van der Waals surface area contributed by atoms with Crippen LogP contribution < -0.4 is 11.1 Å². The number of nitrogen functional groups attached to an aromatic ring is 1. The largest absolute Gasteiger partial charge is 0.382 e. The predicted molar refractivity (Wildman–Crippen MR) is 125 cm³/mol. The van der Waals surface area contributed by atoms with Crippen LogP contribution in [0.5, 0.6) is 0 Å². The summed E-state index contributed by atoms with van der Waals surface area (Å²) < 4.78 is 16.1. The Balaban J connectivity index is 1.65. The summed E-state index contributed by atoms with van der Waals surface area (Å²) in [4.78, 5) is 21.5. The van der Waals surface area contributed by atoms with Crippen molar-refractivity contribution in [1.29, 1.82) is 5.26 Å². The Labute approximate surface area is 193 Å². The minimum atomic E-state index is -0.435. The van der Waals surface area contributed by atoms with Crippen LogP contribution in [0.1, 0.15) is 24.4 Å². The molecule has 0 saturated heterocycles. The molecule has 0 amide bonds. The number of rotatable bonds is 5. The van der Waals surface area contributed by atoms with Crippen molar-refractivity contribution in [2.24, 2.45) is 0 Å². The number of imidazole rings is 1. The zero-order valence-corrected chi connectivity index (χ0v) is 18.0. The first-order valence-corrected chi connectivity index (χ1v) is 10.4. The summed E-state index contributed by atoms with van der Waals surface area (Å²) in [6.07, 6.45) is 6.39. The number of hydrogen-bond acceptors (Lipinski definition) is 8. The van der Waals surface area contributed by atoms with Crippen molar-refractivity contribution in [3.8, 4) is 23.0 Å². The average Bonchev–Trinajstić information content (AvgIpc) is 3.24. The van der Waals surface area contributed by atoms with E-state index in [0.29, 0.717) is 22.5 Å². The number of nitrogens with zero attached hydrogens (tertiary/aromatic N) is 7. The molecule has 0 bridgehead atoms. The van der Waals surface area contributed by atoms with E-state index < -0.39 is 6.04 Å². The highest BCUT2D eigenvalue weighted by Crippen LogP contribution is 2.30. The molecule has 0 unspecified atom stereocenters. The lowest BCUT2D eigenvalue weighted by Crippen LogP contribution is -2.15. The molecule has 4 aromatic heterocycles. The first-order chi connectivity index (χ1) is 16.5. The molecule has 0 aliphatic rings. The van der Waals surface area contributed by atoms with Crippen molar-refractivity contribution in [3.63, 3.8) is 0 Å². The van der Waals surface area contributed by atoms with E-state index in [1.165, 1.54) is 18.5 Å². The summed E-state index contributed by atoms with van der Waals surface area (Å²) in [5.41, 5.74) is 9.40. The lowest BCUT2D eigenvalue weighted by Gasteiger charge is -2.18. The maximum atomic E-state index is 14.2. The molecule has 166 valence electrons. The number of nitrogens with one attached hydrogen (secondary N) is 1. The summed E-state index contributed by atoms with van der Waals surface area (Å²) >= 11 is 0. The minimum Gasteiger partial charge on any atom is -0.382 e. The van der Waals surface area contributed by atoms with Crippen molar-refractivity contribution in [3.05, 3.63) is 84.6 Å². The van der Waals surface area contributed by atoms with Gasteiger partial charge in [-0.15, -0.1) is 0 Å². The average molecular weight is 451 g/mol. The second-order valence-electron chi connectivity index (χ2n) is 7.55. The third-order valence-electron chi connectivity index (χ3n) is 5.31. The lowest BCUT2D eigenvalue weighted by molar-refractivity contribution is 0.629. The number of anilines is 2. The zero-order valence-electron chi connectivity index (χ0n) is 18.0. The zero-order chi connectivity index (χ0) is 23.7. The van der Waals surface area contributed by atoms with E-state index in [2.05, 4.69) is 25.3 Å². The summed E-state index contributed by atoms with van der Waals surface area (Å²) in [6.45, 7) is 1.86. The Kier molecular flexibility index (Phi) is 5.27. The van der Waals surface area contributed by atoms with Crippen LogP contribution in [0.15, 0.2) is 67.4 Å². The van der Waals surface area contributed by atoms with Crippen LogP contribution in [0, 0.1) is 17.1 Å². The lowest BCUT2D eigenvalue weighted by atomic mass is 10.1. The van der Waals surface area contributed by atoms with E-state index in [1.807, 2.05) is 41.8 Å². The van der Waals surface area contributed by atoms with Gasteiger partial charge in [0.2, 0.25) is 0 Å². The molecule has 0 spiro atoms. The highest BCUT2D eigenvalue weighted by atomic mass is 19.1. The number of nitrogens with two attached hydrogens (primary N) is 1. The smallest absolute Gasteiger partial charge is 0.150 e. The molecule has 5 aromatic rings. The third kappa shape index (κ3) is 3.75. The molecular weight excluding hydrogens is 433 g/mol. The Hall–Kier alpha value is -4.91. The quantitative estimate of drug-likeness (QED) is 0.409. The van der Waals surface area contributed by atoms with Crippen molar-refractivity contribution in [2.45, 2.75) is 13.0 Å². The summed E-state index contributed by atoms with van der Waals surface area (Å²) in [7, 11) is 0. The monoisotopic (exact) mass is 451 g/mol. The number of aromatic nitrogens is 6. The van der Waals surface area contributed by atoms with Gasteiger partial charge >= 0.3 is 0 Å². The Bertz CT molecular complexity index is 1540. The van der Waals surface area contributed by atoms with Gasteiger partial charge in [0.1, 0.15) is 41.2 Å². The molecular formula is C24H18FN9. The maximum absolute atomic E-state index is 14.2. The topological polar surface area (TPSA) is 131 Å². The van der Waals surface area contributed by atoms with Crippen LogP contribution in [0.25, 0.3) is 28.0 Å². The normalized spacial score (nSPS) is 11.8. The van der Waals surface area contributed by atoms with Gasteiger partial charge in [0, 0.05) is 24.0 Å². The number of hydrogen-bond donors (Lipinski definition) is 2. The first-order valence-electron chi connectivity index (χ1n) is 10.4. The fraction of sp³-hybridized carbons (Fsp3) is 0.0833. The van der Waals surface area contributed by atoms with Gasteiger partial charge in [0.15, 0.2) is 0 Å². The first kappa shape index (κ1) is 21.0. The van der Waals surface area contributed by atoms with Gasteiger partial charge in [-0.25, -0.2) is 19.3 Å². The molecule has 0 saturated carbocycles. The fourth-order valence-corrected chi connectivity index (χ4v) is 3.74. The van der Waals surface area contributed by atoms with Gasteiger partial charge in [0.05, 0.1) is 34.7 Å². The van der Waals surface area contributed by atoms with Gasteiger partial charge in [-0.3, -0.25) is 14.5 Å². The number of fused-ring (bicyclic) bond motifs is 1. The second-order valence-corrected chi connectivity index (χ2v) is 7.55. The van der Waals surface area contributed by atoms with Gasteiger partial charge in [0.25, 0.3) is 0 Å². The highest BCUT2D eigenvalue weighted by Gasteiger charge is 2.21. The van der Waals surface area contributed by atoms with Crippen LogP contribution in [0.4, 0.5) is 16.0 Å². The highest BCUT2D eigenvalue weighted by molar-refractivity contribution is 5.79. The summed E-state index contributed by atoms with van der Waals surface area (Å²) in [5, 5.41) is 12.7. The van der Waals surface area contributed by atoms with Gasteiger partial charge in [-0.2, -0.15) is 5.26 Å². The number of benzene rings is 1. The van der Waals surface area contributed by atoms with E-state index in [1.54, 1.807) is 24.7 Å². The molecule has 4 heterocycles. The SMILES string of the molecule is C[C@@H](Nc1ncnc(N)c1C#N)c1nc2ccc(F)cc2n1-c1cncc(-c2ccccn2)c1. The Morgan fingerprint density at radius 2 is 2.00 bits per heavy atom. The fourth-order valence-electron chi connectivity index (χ4n) is 3.74. The van der Waals surface area contributed by atoms with E-state index in [9.17, 15) is 9.65 Å². The molecule has 0 fully saturated rings. The maximum Gasteiger partial charge on any atom is 0.150 e. The van der Waals surface area contributed by atoms with Crippen LogP contribution in [-0.4, -0.2) is 29.5 Å². The molecule has 34 heavy (non-hydrogen) atoms. The molecule has 1 aromatic carbocycles. The molecule has 1 atom stereocenters. The molecule has 0 aliphatic carbocycles. The third-order valence-corrected chi connectivity index (χ3v) is 5.31. The van der Waals surface area contributed by atoms with E-state index in [4.69, 9.17) is 10.7 Å². The van der Waals surface area contributed by atoms with Crippen LogP contribution in [-0.2, 0) is 0 Å². The minimum absolute atomic E-state index is 0.0787. The standard InChI is InChI=1S/C24H18FN9/c1-14(32-23-18(10-26)22(27)30-13-31-23)24-33-20-6-5-16(25)9-21(20)34(24)17-8-15(11-28-12-17)19-4-2-3-7-29-19/h2-9,11-14H,1H3,(H3,27,30,31,32)/t14-/m1/s1. The summed E-state index contributed by atoms with van der Waals surface area (Å²) in [5.74, 6) is 0.550. The molecule has 10 heteroatoms. The van der Waals surface area contributed by atoms with Gasteiger partial charge in [-0.1, -0.05) is 6.07 Å².